The zero-order chi connectivity index (χ0) is 23.7. The van der Waals surface area contributed by atoms with Crippen molar-refractivity contribution >= 4 is 46.5 Å². The maximum Gasteiger partial charge on any atom is 0.319 e. The largest absolute Gasteiger partial charge is 0.383 e. The summed E-state index contributed by atoms with van der Waals surface area (Å²) >= 11 is 1.41. The summed E-state index contributed by atoms with van der Waals surface area (Å²) < 4.78 is 0. The van der Waals surface area contributed by atoms with Crippen molar-refractivity contribution in [2.45, 2.75) is 58.8 Å². The second-order valence-corrected chi connectivity index (χ2v) is 9.55. The van der Waals surface area contributed by atoms with Crippen molar-refractivity contribution in [1.29, 1.82) is 0 Å². The molecule has 174 valence electrons. The molecular weight excluding hydrogens is 442 g/mol. The topological polar surface area (TPSA) is 120 Å². The number of benzene rings is 1. The van der Waals surface area contributed by atoms with Crippen molar-refractivity contribution in [3.05, 3.63) is 45.1 Å². The number of carbonyl (C=O) groups is 4. The van der Waals surface area contributed by atoms with Gasteiger partial charge in [-0.2, -0.15) is 0 Å². The van der Waals surface area contributed by atoms with E-state index in [4.69, 9.17) is 0 Å². The number of nitrogens with one attached hydrogen (secondary N) is 4. The number of carbonyl (C=O) groups excluding carboxylic acids is 4. The third kappa shape index (κ3) is 4.85. The molecule has 1 unspecified atom stereocenters. The molecule has 0 radical (unpaired) electrons. The van der Waals surface area contributed by atoms with Crippen LogP contribution in [-0.2, 0) is 22.7 Å². The highest BCUT2D eigenvalue weighted by Gasteiger charge is 2.40. The molecule has 0 spiro atoms. The van der Waals surface area contributed by atoms with E-state index in [-0.39, 0.29) is 36.9 Å². The number of fused-ring (bicyclic) bond motifs is 1. The van der Waals surface area contributed by atoms with Gasteiger partial charge in [-0.05, 0) is 50.5 Å². The van der Waals surface area contributed by atoms with E-state index in [2.05, 4.69) is 35.1 Å². The van der Waals surface area contributed by atoms with Crippen LogP contribution >= 0.6 is 11.3 Å². The lowest BCUT2D eigenvalue weighted by Gasteiger charge is -2.29. The molecule has 0 bridgehead atoms. The molecule has 9 nitrogen and oxygen atoms in total. The van der Waals surface area contributed by atoms with Crippen molar-refractivity contribution in [3.63, 3.8) is 0 Å². The summed E-state index contributed by atoms with van der Waals surface area (Å²) in [5.41, 5.74) is 4.12. The summed E-state index contributed by atoms with van der Waals surface area (Å²) in [6.07, 6.45) is 0.541. The fourth-order valence-corrected chi connectivity index (χ4v) is 5.03. The Morgan fingerprint density at radius 3 is 2.79 bits per heavy atom. The van der Waals surface area contributed by atoms with E-state index in [0.29, 0.717) is 24.2 Å². The Bertz CT molecular complexity index is 1130. The Balaban J connectivity index is 1.37. The van der Waals surface area contributed by atoms with Gasteiger partial charge in [-0.3, -0.25) is 19.7 Å². The molecule has 1 fully saturated rings. The predicted molar refractivity (Wildman–Crippen MR) is 126 cm³/mol. The molecule has 2 aromatic rings. The third-order valence-corrected chi connectivity index (χ3v) is 6.76. The van der Waals surface area contributed by atoms with E-state index in [0.717, 1.165) is 21.7 Å². The molecule has 3 heterocycles. The smallest absolute Gasteiger partial charge is 0.319 e. The van der Waals surface area contributed by atoms with Gasteiger partial charge in [0, 0.05) is 40.6 Å². The van der Waals surface area contributed by atoms with Crippen molar-refractivity contribution in [3.8, 4) is 0 Å². The standard InChI is InChI=1S/C23H27N5O4S/c1-12(2)25-17-8-14(5-4-13(17)3)26-23(32)24-9-19-15-10-28(22(31)16(15)11-33-19)18-6-7-20(29)27-21(18)30/h4-5,8,11-12,18,25H,6-7,9-10H2,1-3H3,(H2,24,26,32)(H,27,29,30). The van der Waals surface area contributed by atoms with Crippen LogP contribution in [0.25, 0.3) is 0 Å². The molecular formula is C23H27N5O4S. The van der Waals surface area contributed by atoms with Gasteiger partial charge in [0.2, 0.25) is 11.8 Å². The lowest BCUT2D eigenvalue weighted by Crippen LogP contribution is -2.52. The van der Waals surface area contributed by atoms with Gasteiger partial charge < -0.3 is 20.9 Å². The summed E-state index contributed by atoms with van der Waals surface area (Å²) in [6, 6.07) is 4.97. The van der Waals surface area contributed by atoms with Gasteiger partial charge in [-0.15, -0.1) is 11.3 Å². The van der Waals surface area contributed by atoms with E-state index in [1.807, 2.05) is 25.1 Å². The van der Waals surface area contributed by atoms with Gasteiger partial charge in [0.15, 0.2) is 0 Å². The van der Waals surface area contributed by atoms with Gasteiger partial charge in [-0.1, -0.05) is 6.07 Å². The van der Waals surface area contributed by atoms with Crippen molar-refractivity contribution in [2.24, 2.45) is 0 Å². The maximum absolute atomic E-state index is 12.8. The van der Waals surface area contributed by atoms with E-state index >= 15 is 0 Å². The minimum atomic E-state index is -0.646. The maximum atomic E-state index is 12.8. The molecule has 4 rings (SSSR count). The first-order valence-corrected chi connectivity index (χ1v) is 11.8. The van der Waals surface area contributed by atoms with Crippen LogP contribution in [0.2, 0.25) is 0 Å². The number of nitrogens with zero attached hydrogens (tertiary/aromatic N) is 1. The van der Waals surface area contributed by atoms with Gasteiger partial charge in [0.05, 0.1) is 12.1 Å². The molecule has 5 amide bonds. The number of thiophene rings is 1. The number of imide groups is 1. The summed E-state index contributed by atoms with van der Waals surface area (Å²) in [5.74, 6) is -0.957. The van der Waals surface area contributed by atoms with Crippen LogP contribution in [0.3, 0.4) is 0 Å². The summed E-state index contributed by atoms with van der Waals surface area (Å²) in [7, 11) is 0. The Kier molecular flexibility index (Phi) is 6.37. The molecule has 2 aliphatic heterocycles. The number of rotatable bonds is 6. The van der Waals surface area contributed by atoms with Gasteiger partial charge in [0.1, 0.15) is 6.04 Å². The number of piperidine rings is 1. The number of hydrogen-bond acceptors (Lipinski definition) is 6. The fourth-order valence-electron chi connectivity index (χ4n) is 4.05. The van der Waals surface area contributed by atoms with Gasteiger partial charge in [0.25, 0.3) is 5.91 Å². The highest BCUT2D eigenvalue weighted by atomic mass is 32.1. The molecule has 1 aromatic heterocycles. The lowest BCUT2D eigenvalue weighted by atomic mass is 10.0. The number of aryl methyl sites for hydroxylation is 1. The van der Waals surface area contributed by atoms with Crippen LogP contribution in [0.5, 0.6) is 0 Å². The highest BCUT2D eigenvalue weighted by molar-refractivity contribution is 7.10. The average molecular weight is 470 g/mol. The normalized spacial score (nSPS) is 17.8. The second kappa shape index (κ2) is 9.22. The van der Waals surface area contributed by atoms with E-state index in [1.54, 1.807) is 5.38 Å². The summed E-state index contributed by atoms with van der Waals surface area (Å²) in [4.78, 5) is 51.3. The number of urea groups is 1. The Labute approximate surface area is 195 Å². The molecule has 0 saturated carbocycles. The second-order valence-electron chi connectivity index (χ2n) is 8.59. The minimum absolute atomic E-state index is 0.212. The van der Waals surface area contributed by atoms with Crippen LogP contribution in [0.4, 0.5) is 16.2 Å². The lowest BCUT2D eigenvalue weighted by molar-refractivity contribution is -0.136. The number of amides is 5. The minimum Gasteiger partial charge on any atom is -0.383 e. The molecule has 1 aromatic carbocycles. The van der Waals surface area contributed by atoms with Crippen LogP contribution in [0, 0.1) is 6.92 Å². The summed E-state index contributed by atoms with van der Waals surface area (Å²) in [5, 5.41) is 13.1. The molecule has 1 saturated heterocycles. The highest BCUT2D eigenvalue weighted by Crippen LogP contribution is 2.33. The quantitative estimate of drug-likeness (QED) is 0.485. The fraction of sp³-hybridized carbons (Fsp3) is 0.391. The first-order chi connectivity index (χ1) is 15.7. The number of hydrogen-bond donors (Lipinski definition) is 4. The van der Waals surface area contributed by atoms with Crippen LogP contribution in [-0.4, -0.2) is 40.7 Å². The summed E-state index contributed by atoms with van der Waals surface area (Å²) in [6.45, 7) is 6.68. The van der Waals surface area contributed by atoms with Crippen LogP contribution in [0.1, 0.15) is 53.1 Å². The molecule has 1 atom stereocenters. The predicted octanol–water partition coefficient (Wildman–Crippen LogP) is 2.96. The molecule has 10 heteroatoms. The van der Waals surface area contributed by atoms with Crippen molar-refractivity contribution in [1.82, 2.24) is 15.5 Å². The molecule has 2 aliphatic rings. The third-order valence-electron chi connectivity index (χ3n) is 5.74. The van der Waals surface area contributed by atoms with E-state index in [1.165, 1.54) is 16.2 Å². The van der Waals surface area contributed by atoms with E-state index < -0.39 is 11.9 Å². The van der Waals surface area contributed by atoms with Crippen molar-refractivity contribution in [2.75, 3.05) is 10.6 Å². The van der Waals surface area contributed by atoms with Gasteiger partial charge in [-0.25, -0.2) is 4.79 Å². The molecule has 33 heavy (non-hydrogen) atoms. The van der Waals surface area contributed by atoms with E-state index in [9.17, 15) is 19.2 Å². The number of anilines is 2. The zero-order valence-electron chi connectivity index (χ0n) is 18.8. The molecule has 4 N–H and O–H groups in total. The van der Waals surface area contributed by atoms with Crippen LogP contribution < -0.4 is 21.3 Å². The SMILES string of the molecule is Cc1ccc(NC(=O)NCc2scc3c2CN(C2CCC(=O)NC2=O)C3=O)cc1NC(C)C. The first-order valence-electron chi connectivity index (χ1n) is 10.9. The Morgan fingerprint density at radius 2 is 2.06 bits per heavy atom. The van der Waals surface area contributed by atoms with Crippen molar-refractivity contribution < 1.29 is 19.2 Å². The Morgan fingerprint density at radius 1 is 1.27 bits per heavy atom. The first kappa shape index (κ1) is 22.8. The monoisotopic (exact) mass is 469 g/mol. The van der Waals surface area contributed by atoms with Crippen LogP contribution in [0.15, 0.2) is 23.6 Å². The average Bonchev–Trinajstić information content (AvgIpc) is 3.29. The Hall–Kier alpha value is -3.40. The zero-order valence-corrected chi connectivity index (χ0v) is 19.6. The molecule has 0 aliphatic carbocycles. The van der Waals surface area contributed by atoms with Gasteiger partial charge >= 0.3 is 6.03 Å².